The fourth-order valence-electron chi connectivity index (χ4n) is 2.88. The fraction of sp³-hybridized carbons (Fsp3) is 0.294. The summed E-state index contributed by atoms with van der Waals surface area (Å²) in [5.41, 5.74) is 7.77. The maximum Gasteiger partial charge on any atom is 0.359 e. The number of hydrogen-bond acceptors (Lipinski definition) is 5. The summed E-state index contributed by atoms with van der Waals surface area (Å²) in [5, 5.41) is 6.27. The van der Waals surface area contributed by atoms with Gasteiger partial charge >= 0.3 is 12.0 Å². The second-order valence-electron chi connectivity index (χ2n) is 5.78. The number of nitrogens with two attached hydrogens (primary N) is 1. The van der Waals surface area contributed by atoms with Crippen molar-refractivity contribution in [3.05, 3.63) is 47.3 Å². The fourth-order valence-corrected chi connectivity index (χ4v) is 2.88. The standard InChI is InChI=1S/C17H18N4O4/c1-10(15(22)19-17(18)24)25-16(23)14-12-8-5-9-13(12)21(20-14)11-6-3-2-4-7-11/h2-4,6-7,10H,5,8-9H2,1H3,(H3,18,19,22,24)/t10-/m0/s1. The molecule has 0 saturated carbocycles. The monoisotopic (exact) mass is 342 g/mol. The van der Waals surface area contributed by atoms with Crippen LogP contribution < -0.4 is 11.1 Å². The minimum absolute atomic E-state index is 0.204. The number of carbonyl (C=O) groups is 3. The first-order valence-electron chi connectivity index (χ1n) is 7.95. The number of benzene rings is 1. The number of urea groups is 1. The number of primary amides is 1. The van der Waals surface area contributed by atoms with Gasteiger partial charge in [-0.1, -0.05) is 18.2 Å². The van der Waals surface area contributed by atoms with E-state index in [4.69, 9.17) is 10.5 Å². The number of amides is 3. The smallest absolute Gasteiger partial charge is 0.359 e. The Hall–Kier alpha value is -3.16. The van der Waals surface area contributed by atoms with Gasteiger partial charge < -0.3 is 10.5 Å². The van der Waals surface area contributed by atoms with Crippen molar-refractivity contribution >= 4 is 17.9 Å². The van der Waals surface area contributed by atoms with Gasteiger partial charge in [-0.3, -0.25) is 10.1 Å². The van der Waals surface area contributed by atoms with Gasteiger partial charge in [-0.25, -0.2) is 14.3 Å². The van der Waals surface area contributed by atoms with E-state index in [0.29, 0.717) is 0 Å². The summed E-state index contributed by atoms with van der Waals surface area (Å²) in [6.45, 7) is 1.37. The van der Waals surface area contributed by atoms with Crippen molar-refractivity contribution in [2.45, 2.75) is 32.3 Å². The first-order valence-corrected chi connectivity index (χ1v) is 7.95. The largest absolute Gasteiger partial charge is 0.448 e. The van der Waals surface area contributed by atoms with E-state index in [2.05, 4.69) is 5.10 Å². The SMILES string of the molecule is C[C@H](OC(=O)c1nn(-c2ccccc2)c2c1CCC2)C(=O)NC(N)=O. The van der Waals surface area contributed by atoms with E-state index >= 15 is 0 Å². The zero-order valence-electron chi connectivity index (χ0n) is 13.7. The first kappa shape index (κ1) is 16.7. The van der Waals surface area contributed by atoms with E-state index in [-0.39, 0.29) is 5.69 Å². The molecule has 2 aromatic rings. The first-order chi connectivity index (χ1) is 12.0. The number of fused-ring (bicyclic) bond motifs is 1. The molecule has 1 aliphatic rings. The van der Waals surface area contributed by atoms with E-state index in [1.165, 1.54) is 6.92 Å². The molecule has 0 unspecified atom stereocenters. The summed E-state index contributed by atoms with van der Waals surface area (Å²) < 4.78 is 6.88. The molecule has 1 atom stereocenters. The molecule has 8 nitrogen and oxygen atoms in total. The lowest BCUT2D eigenvalue weighted by atomic mass is 10.2. The van der Waals surface area contributed by atoms with Crippen LogP contribution in [0.5, 0.6) is 0 Å². The van der Waals surface area contributed by atoms with E-state index < -0.39 is 24.0 Å². The highest BCUT2D eigenvalue weighted by molar-refractivity contribution is 5.98. The van der Waals surface area contributed by atoms with Gasteiger partial charge in [0, 0.05) is 11.3 Å². The van der Waals surface area contributed by atoms with Gasteiger partial charge in [0.15, 0.2) is 11.8 Å². The van der Waals surface area contributed by atoms with Gasteiger partial charge in [-0.05, 0) is 38.3 Å². The molecule has 0 saturated heterocycles. The maximum absolute atomic E-state index is 12.5. The number of para-hydroxylation sites is 1. The predicted octanol–water partition coefficient (Wildman–Crippen LogP) is 1.10. The lowest BCUT2D eigenvalue weighted by molar-refractivity contribution is -0.127. The van der Waals surface area contributed by atoms with Crippen LogP contribution in [0.2, 0.25) is 0 Å². The van der Waals surface area contributed by atoms with Crippen molar-refractivity contribution in [1.82, 2.24) is 15.1 Å². The van der Waals surface area contributed by atoms with Gasteiger partial charge in [-0.2, -0.15) is 5.10 Å². The van der Waals surface area contributed by atoms with Crippen molar-refractivity contribution in [1.29, 1.82) is 0 Å². The molecule has 0 spiro atoms. The third kappa shape index (κ3) is 3.37. The number of esters is 1. The Balaban J connectivity index is 1.84. The number of hydrogen-bond donors (Lipinski definition) is 2. The van der Waals surface area contributed by atoms with Crippen LogP contribution in [0.3, 0.4) is 0 Å². The Bertz CT molecular complexity index is 829. The summed E-state index contributed by atoms with van der Waals surface area (Å²) in [5.74, 6) is -1.47. The van der Waals surface area contributed by atoms with Gasteiger partial charge in [-0.15, -0.1) is 0 Å². The summed E-state index contributed by atoms with van der Waals surface area (Å²) in [4.78, 5) is 34.8. The number of nitrogens with one attached hydrogen (secondary N) is 1. The summed E-state index contributed by atoms with van der Waals surface area (Å²) in [7, 11) is 0. The second kappa shape index (κ2) is 6.76. The van der Waals surface area contributed by atoms with Crippen molar-refractivity contribution in [3.8, 4) is 5.69 Å². The van der Waals surface area contributed by atoms with Crippen molar-refractivity contribution < 1.29 is 19.1 Å². The molecule has 3 N–H and O–H groups in total. The highest BCUT2D eigenvalue weighted by Crippen LogP contribution is 2.28. The van der Waals surface area contributed by atoms with Gasteiger partial charge in [0.25, 0.3) is 5.91 Å². The molecular weight excluding hydrogens is 324 g/mol. The molecule has 1 heterocycles. The van der Waals surface area contributed by atoms with Crippen LogP contribution in [0.1, 0.15) is 35.1 Å². The third-order valence-corrected chi connectivity index (χ3v) is 4.02. The minimum atomic E-state index is -1.15. The highest BCUT2D eigenvalue weighted by atomic mass is 16.5. The maximum atomic E-state index is 12.5. The van der Waals surface area contributed by atoms with E-state index in [1.807, 2.05) is 35.6 Å². The summed E-state index contributed by atoms with van der Waals surface area (Å²) in [6.07, 6.45) is 1.33. The highest BCUT2D eigenvalue weighted by Gasteiger charge is 2.29. The Kier molecular flexibility index (Phi) is 4.51. The van der Waals surface area contributed by atoms with Crippen LogP contribution >= 0.6 is 0 Å². The number of ether oxygens (including phenoxy) is 1. The lowest BCUT2D eigenvalue weighted by Gasteiger charge is -2.11. The molecule has 3 amide bonds. The van der Waals surface area contributed by atoms with Crippen LogP contribution in [0, 0.1) is 0 Å². The second-order valence-corrected chi connectivity index (χ2v) is 5.78. The zero-order chi connectivity index (χ0) is 18.0. The molecule has 0 fully saturated rings. The molecule has 0 aliphatic heterocycles. The number of aromatic nitrogens is 2. The quantitative estimate of drug-likeness (QED) is 0.807. The number of nitrogens with zero attached hydrogens (tertiary/aromatic N) is 2. The van der Waals surface area contributed by atoms with Gasteiger partial charge in [0.2, 0.25) is 0 Å². The van der Waals surface area contributed by atoms with Crippen LogP contribution in [0.4, 0.5) is 4.79 Å². The molecule has 8 heteroatoms. The van der Waals surface area contributed by atoms with Crippen LogP contribution in [0.15, 0.2) is 30.3 Å². The molecule has 130 valence electrons. The molecule has 1 aromatic heterocycles. The molecule has 25 heavy (non-hydrogen) atoms. The van der Waals surface area contributed by atoms with E-state index in [9.17, 15) is 14.4 Å². The molecule has 0 radical (unpaired) electrons. The summed E-state index contributed by atoms with van der Waals surface area (Å²) in [6, 6.07) is 8.51. The minimum Gasteiger partial charge on any atom is -0.448 e. The van der Waals surface area contributed by atoms with Gasteiger partial charge in [0.05, 0.1) is 5.69 Å². The van der Waals surface area contributed by atoms with E-state index in [0.717, 1.165) is 36.2 Å². The molecule has 0 bridgehead atoms. The normalized spacial score (nSPS) is 13.8. The molecule has 3 rings (SSSR count). The van der Waals surface area contributed by atoms with Crippen molar-refractivity contribution in [3.63, 3.8) is 0 Å². The van der Waals surface area contributed by atoms with Crippen molar-refractivity contribution in [2.75, 3.05) is 0 Å². The van der Waals surface area contributed by atoms with Crippen LogP contribution in [0.25, 0.3) is 5.69 Å². The Morgan fingerprint density at radius 3 is 2.64 bits per heavy atom. The van der Waals surface area contributed by atoms with Gasteiger partial charge in [0.1, 0.15) is 0 Å². The number of imide groups is 1. The van der Waals surface area contributed by atoms with Crippen LogP contribution in [-0.4, -0.2) is 33.8 Å². The Morgan fingerprint density at radius 1 is 1.24 bits per heavy atom. The van der Waals surface area contributed by atoms with Crippen molar-refractivity contribution in [2.24, 2.45) is 5.73 Å². The summed E-state index contributed by atoms with van der Waals surface area (Å²) >= 11 is 0. The molecule has 1 aromatic carbocycles. The Morgan fingerprint density at radius 2 is 1.96 bits per heavy atom. The number of rotatable bonds is 4. The number of carbonyl (C=O) groups excluding carboxylic acids is 3. The average Bonchev–Trinajstić information content (AvgIpc) is 3.17. The van der Waals surface area contributed by atoms with E-state index in [1.54, 1.807) is 4.68 Å². The average molecular weight is 342 g/mol. The zero-order valence-corrected chi connectivity index (χ0v) is 13.7. The predicted molar refractivity (Wildman–Crippen MR) is 88.2 cm³/mol. The molecular formula is C17H18N4O4. The third-order valence-electron chi connectivity index (χ3n) is 4.02. The molecule has 1 aliphatic carbocycles. The topological polar surface area (TPSA) is 116 Å². The Labute approximate surface area is 143 Å². The lowest BCUT2D eigenvalue weighted by Crippen LogP contribution is -2.42. The van der Waals surface area contributed by atoms with Crippen LogP contribution in [-0.2, 0) is 22.4 Å².